The Hall–Kier alpha value is -3.20. The maximum Gasteiger partial charge on any atom is 0.168 e. The van der Waals surface area contributed by atoms with E-state index in [1.165, 1.54) is 0 Å². The lowest BCUT2D eigenvalue weighted by atomic mass is 9.83. The van der Waals surface area contributed by atoms with Gasteiger partial charge in [0.2, 0.25) is 0 Å². The zero-order valence-electron chi connectivity index (χ0n) is 15.0. The molecule has 0 amide bonds. The molecular formula is C24H21NO2. The lowest BCUT2D eigenvalue weighted by Gasteiger charge is -2.18. The Kier molecular flexibility index (Phi) is 4.84. The summed E-state index contributed by atoms with van der Waals surface area (Å²) in [6, 6.07) is 28.6. The highest BCUT2D eigenvalue weighted by Gasteiger charge is 2.42. The SMILES string of the molecule is O=C(c1ccccc1)[C@H]1CN(c2ccccc2)C[C@H]1C(=O)c1ccccc1. The quantitative estimate of drug-likeness (QED) is 0.632. The fraction of sp³-hybridized carbons (Fsp3) is 0.167. The fourth-order valence-corrected chi connectivity index (χ4v) is 3.82. The molecule has 0 bridgehead atoms. The summed E-state index contributed by atoms with van der Waals surface area (Å²) in [6.07, 6.45) is 0. The van der Waals surface area contributed by atoms with Crippen molar-refractivity contribution >= 4 is 17.3 Å². The van der Waals surface area contributed by atoms with Crippen molar-refractivity contribution in [2.24, 2.45) is 11.8 Å². The second kappa shape index (κ2) is 7.58. The smallest absolute Gasteiger partial charge is 0.168 e. The van der Waals surface area contributed by atoms with Crippen molar-refractivity contribution in [2.45, 2.75) is 0 Å². The number of Topliss-reactive ketones (excluding diaryl/α,β-unsaturated/α-hetero) is 2. The van der Waals surface area contributed by atoms with Gasteiger partial charge in [0, 0.05) is 29.9 Å². The number of benzene rings is 3. The number of anilines is 1. The molecule has 0 unspecified atom stereocenters. The number of hydrogen-bond acceptors (Lipinski definition) is 3. The highest BCUT2D eigenvalue weighted by atomic mass is 16.1. The summed E-state index contributed by atoms with van der Waals surface area (Å²) in [6.45, 7) is 1.11. The molecule has 0 aliphatic carbocycles. The first-order valence-electron chi connectivity index (χ1n) is 9.22. The van der Waals surface area contributed by atoms with Gasteiger partial charge in [-0.15, -0.1) is 0 Å². The summed E-state index contributed by atoms with van der Waals surface area (Å²) in [5.74, 6) is -0.604. The highest BCUT2D eigenvalue weighted by molar-refractivity contribution is 6.06. The zero-order chi connectivity index (χ0) is 18.6. The van der Waals surface area contributed by atoms with Gasteiger partial charge in [-0.05, 0) is 12.1 Å². The van der Waals surface area contributed by atoms with Crippen LogP contribution >= 0.6 is 0 Å². The molecule has 134 valence electrons. The maximum atomic E-state index is 13.2. The number of para-hydroxylation sites is 1. The molecule has 1 heterocycles. The summed E-state index contributed by atoms with van der Waals surface area (Å²) in [5, 5.41) is 0. The topological polar surface area (TPSA) is 37.4 Å². The van der Waals surface area contributed by atoms with Crippen LogP contribution in [0.5, 0.6) is 0 Å². The van der Waals surface area contributed by atoms with Crippen LogP contribution in [0.3, 0.4) is 0 Å². The molecule has 3 heteroatoms. The molecule has 0 radical (unpaired) electrons. The van der Waals surface area contributed by atoms with E-state index in [-0.39, 0.29) is 23.4 Å². The van der Waals surface area contributed by atoms with Crippen LogP contribution in [0, 0.1) is 11.8 Å². The molecular weight excluding hydrogens is 334 g/mol. The predicted molar refractivity (Wildman–Crippen MR) is 107 cm³/mol. The average Bonchev–Trinajstić information content (AvgIpc) is 3.20. The second-order valence-electron chi connectivity index (χ2n) is 6.91. The number of hydrogen-bond donors (Lipinski definition) is 0. The third-order valence-electron chi connectivity index (χ3n) is 5.23. The molecule has 2 atom stereocenters. The van der Waals surface area contributed by atoms with Crippen molar-refractivity contribution in [3.63, 3.8) is 0 Å². The van der Waals surface area contributed by atoms with Gasteiger partial charge in [0.25, 0.3) is 0 Å². The largest absolute Gasteiger partial charge is 0.370 e. The number of ketones is 2. The minimum Gasteiger partial charge on any atom is -0.370 e. The van der Waals surface area contributed by atoms with E-state index in [4.69, 9.17) is 0 Å². The van der Waals surface area contributed by atoms with Crippen LogP contribution in [-0.4, -0.2) is 24.7 Å². The van der Waals surface area contributed by atoms with Crippen molar-refractivity contribution in [1.29, 1.82) is 0 Å². The minimum atomic E-state index is -0.347. The summed E-state index contributed by atoms with van der Waals surface area (Å²) in [7, 11) is 0. The summed E-state index contributed by atoms with van der Waals surface area (Å²) in [4.78, 5) is 28.5. The lowest BCUT2D eigenvalue weighted by Crippen LogP contribution is -2.29. The monoisotopic (exact) mass is 355 g/mol. The summed E-state index contributed by atoms with van der Waals surface area (Å²) in [5.41, 5.74) is 2.39. The van der Waals surface area contributed by atoms with Crippen molar-refractivity contribution in [1.82, 2.24) is 0 Å². The Labute approximate surface area is 159 Å². The van der Waals surface area contributed by atoms with E-state index in [9.17, 15) is 9.59 Å². The van der Waals surface area contributed by atoms with Crippen molar-refractivity contribution in [3.8, 4) is 0 Å². The van der Waals surface area contributed by atoms with Gasteiger partial charge in [-0.3, -0.25) is 9.59 Å². The van der Waals surface area contributed by atoms with Gasteiger partial charge in [-0.1, -0.05) is 78.9 Å². The Morgan fingerprint density at radius 2 is 0.963 bits per heavy atom. The van der Waals surface area contributed by atoms with Crippen molar-refractivity contribution in [2.75, 3.05) is 18.0 Å². The van der Waals surface area contributed by atoms with E-state index >= 15 is 0 Å². The van der Waals surface area contributed by atoms with E-state index in [0.717, 1.165) is 5.69 Å². The Balaban J connectivity index is 1.67. The predicted octanol–water partition coefficient (Wildman–Crippen LogP) is 4.50. The Morgan fingerprint density at radius 3 is 1.37 bits per heavy atom. The van der Waals surface area contributed by atoms with E-state index < -0.39 is 0 Å². The van der Waals surface area contributed by atoms with E-state index in [2.05, 4.69) is 4.90 Å². The van der Waals surface area contributed by atoms with Crippen LogP contribution in [0.2, 0.25) is 0 Å². The van der Waals surface area contributed by atoms with E-state index in [0.29, 0.717) is 24.2 Å². The molecule has 3 aromatic rings. The zero-order valence-corrected chi connectivity index (χ0v) is 15.0. The van der Waals surface area contributed by atoms with Crippen LogP contribution in [-0.2, 0) is 0 Å². The first-order valence-corrected chi connectivity index (χ1v) is 9.22. The first kappa shape index (κ1) is 17.2. The molecule has 1 aliphatic heterocycles. The van der Waals surface area contributed by atoms with Crippen LogP contribution in [0.1, 0.15) is 20.7 Å². The summed E-state index contributed by atoms with van der Waals surface area (Å²) < 4.78 is 0. The Morgan fingerprint density at radius 1 is 0.593 bits per heavy atom. The third-order valence-corrected chi connectivity index (χ3v) is 5.23. The fourth-order valence-electron chi connectivity index (χ4n) is 3.82. The van der Waals surface area contributed by atoms with Crippen molar-refractivity contribution < 1.29 is 9.59 Å². The van der Waals surface area contributed by atoms with Gasteiger partial charge in [-0.2, -0.15) is 0 Å². The summed E-state index contributed by atoms with van der Waals surface area (Å²) >= 11 is 0. The normalized spacial score (nSPS) is 19.0. The molecule has 0 spiro atoms. The first-order chi connectivity index (χ1) is 13.2. The van der Waals surface area contributed by atoms with Gasteiger partial charge < -0.3 is 4.90 Å². The van der Waals surface area contributed by atoms with Gasteiger partial charge >= 0.3 is 0 Å². The molecule has 3 nitrogen and oxygen atoms in total. The van der Waals surface area contributed by atoms with Crippen LogP contribution in [0.4, 0.5) is 5.69 Å². The molecule has 1 fully saturated rings. The third kappa shape index (κ3) is 3.54. The van der Waals surface area contributed by atoms with Crippen LogP contribution in [0.25, 0.3) is 0 Å². The van der Waals surface area contributed by atoms with Crippen molar-refractivity contribution in [3.05, 3.63) is 102 Å². The number of nitrogens with zero attached hydrogens (tertiary/aromatic N) is 1. The highest BCUT2D eigenvalue weighted by Crippen LogP contribution is 2.33. The van der Waals surface area contributed by atoms with Crippen LogP contribution < -0.4 is 4.90 Å². The van der Waals surface area contributed by atoms with Gasteiger partial charge in [0.15, 0.2) is 11.6 Å². The number of rotatable bonds is 5. The molecule has 1 aliphatic rings. The lowest BCUT2D eigenvalue weighted by molar-refractivity contribution is 0.0809. The molecule has 3 aromatic carbocycles. The number of carbonyl (C=O) groups is 2. The number of carbonyl (C=O) groups excluding carboxylic acids is 2. The second-order valence-corrected chi connectivity index (χ2v) is 6.91. The van der Waals surface area contributed by atoms with Gasteiger partial charge in [0.05, 0.1) is 11.8 Å². The molecule has 1 saturated heterocycles. The molecule has 0 N–H and O–H groups in total. The molecule has 27 heavy (non-hydrogen) atoms. The van der Waals surface area contributed by atoms with Gasteiger partial charge in [-0.25, -0.2) is 0 Å². The molecule has 4 rings (SSSR count). The standard InChI is InChI=1S/C24H21NO2/c26-23(18-10-4-1-5-11-18)21-16-25(20-14-8-3-9-15-20)17-22(21)24(27)19-12-6-2-7-13-19/h1-15,21-22H,16-17H2/t21-,22+. The van der Waals surface area contributed by atoms with Gasteiger partial charge in [0.1, 0.15) is 0 Å². The van der Waals surface area contributed by atoms with Crippen LogP contribution in [0.15, 0.2) is 91.0 Å². The molecule has 0 aromatic heterocycles. The Bertz CT molecular complexity index is 863. The average molecular weight is 355 g/mol. The van der Waals surface area contributed by atoms with E-state index in [1.54, 1.807) is 0 Å². The molecule has 0 saturated carbocycles. The maximum absolute atomic E-state index is 13.2. The minimum absolute atomic E-state index is 0.0447. The van der Waals surface area contributed by atoms with E-state index in [1.807, 2.05) is 91.0 Å².